The lowest BCUT2D eigenvalue weighted by atomic mass is 10.0. The third kappa shape index (κ3) is 4.53. The van der Waals surface area contributed by atoms with Crippen LogP contribution in [-0.4, -0.2) is 87.6 Å². The summed E-state index contributed by atoms with van der Waals surface area (Å²) in [6, 6.07) is 9.04. The first-order valence-corrected chi connectivity index (χ1v) is 12.0. The molecule has 0 saturated carbocycles. The van der Waals surface area contributed by atoms with Crippen LogP contribution >= 0.6 is 0 Å². The van der Waals surface area contributed by atoms with Gasteiger partial charge in [0.15, 0.2) is 0 Å². The normalized spacial score (nSPS) is 13.6. The number of carbonyl (C=O) groups is 3. The maximum atomic E-state index is 13.3. The van der Waals surface area contributed by atoms with Gasteiger partial charge in [-0.1, -0.05) is 18.2 Å². The number of aryl methyl sites for hydroxylation is 1. The minimum absolute atomic E-state index is 0.0759. The van der Waals surface area contributed by atoms with E-state index in [0.29, 0.717) is 65.4 Å². The monoisotopic (exact) mass is 497 g/mol. The molecule has 10 heteroatoms. The number of ketones is 1. The minimum atomic E-state index is -0.594. The number of piperazine rings is 1. The molecule has 1 aromatic carbocycles. The number of carbonyl (C=O) groups excluding carboxylic acids is 3. The molecule has 1 aliphatic heterocycles. The van der Waals surface area contributed by atoms with Gasteiger partial charge in [0.1, 0.15) is 17.2 Å². The quantitative estimate of drug-likeness (QED) is 0.333. The van der Waals surface area contributed by atoms with Crippen molar-refractivity contribution in [3.05, 3.63) is 71.8 Å². The van der Waals surface area contributed by atoms with Crippen LogP contribution in [0.1, 0.15) is 26.3 Å². The predicted molar refractivity (Wildman–Crippen MR) is 139 cm³/mol. The molecule has 4 aromatic rings. The topological polar surface area (TPSA) is 115 Å². The molecule has 37 heavy (non-hydrogen) atoms. The Morgan fingerprint density at radius 2 is 1.59 bits per heavy atom. The van der Waals surface area contributed by atoms with Gasteiger partial charge in [0.05, 0.1) is 23.5 Å². The summed E-state index contributed by atoms with van der Waals surface area (Å²) in [5.74, 6) is -0.539. The molecule has 2 amide bonds. The molecule has 3 aromatic heterocycles. The molecule has 1 fully saturated rings. The summed E-state index contributed by atoms with van der Waals surface area (Å²) in [5.41, 5.74) is 3.41. The second-order valence-electron chi connectivity index (χ2n) is 9.18. The molecule has 0 unspecified atom stereocenters. The zero-order valence-electron chi connectivity index (χ0n) is 20.9. The van der Waals surface area contributed by atoms with Crippen LogP contribution in [0.3, 0.4) is 0 Å². The lowest BCUT2D eigenvalue weighted by Gasteiger charge is -2.34. The zero-order chi connectivity index (χ0) is 26.1. The van der Waals surface area contributed by atoms with Crippen molar-refractivity contribution in [2.45, 2.75) is 6.92 Å². The fraction of sp³-hybridized carbons (Fsp3) is 0.259. The van der Waals surface area contributed by atoms with E-state index in [1.165, 1.54) is 4.90 Å². The third-order valence-corrected chi connectivity index (χ3v) is 6.55. The van der Waals surface area contributed by atoms with Gasteiger partial charge < -0.3 is 19.7 Å². The van der Waals surface area contributed by atoms with Gasteiger partial charge >= 0.3 is 0 Å². The van der Waals surface area contributed by atoms with Gasteiger partial charge in [-0.15, -0.1) is 0 Å². The van der Waals surface area contributed by atoms with E-state index in [1.807, 2.05) is 44.1 Å². The average molecular weight is 498 g/mol. The Morgan fingerprint density at radius 3 is 2.24 bits per heavy atom. The van der Waals surface area contributed by atoms with Gasteiger partial charge in [-0.3, -0.25) is 19.4 Å². The van der Waals surface area contributed by atoms with Crippen molar-refractivity contribution >= 4 is 34.3 Å². The van der Waals surface area contributed by atoms with E-state index in [4.69, 9.17) is 0 Å². The van der Waals surface area contributed by atoms with Crippen LogP contribution in [0.4, 0.5) is 5.82 Å². The van der Waals surface area contributed by atoms with Gasteiger partial charge in [0.25, 0.3) is 17.6 Å². The van der Waals surface area contributed by atoms with Crippen LogP contribution in [0.5, 0.6) is 0 Å². The largest absolute Gasteiger partial charge is 0.361 e. The Labute approximate surface area is 214 Å². The molecular formula is C27H27N7O3. The van der Waals surface area contributed by atoms with Crippen molar-refractivity contribution in [1.29, 1.82) is 0 Å². The fourth-order valence-corrected chi connectivity index (χ4v) is 4.49. The summed E-state index contributed by atoms with van der Waals surface area (Å²) in [6.07, 6.45) is 6.52. The number of fused-ring (bicyclic) bond motifs is 1. The number of H-pyrrole nitrogens is 1. The molecule has 1 saturated heterocycles. The van der Waals surface area contributed by atoms with Crippen molar-refractivity contribution in [1.82, 2.24) is 29.7 Å². The smallest absolute Gasteiger partial charge is 0.295 e. The minimum Gasteiger partial charge on any atom is -0.361 e. The number of amides is 2. The van der Waals surface area contributed by atoms with Crippen LogP contribution in [0.15, 0.2) is 55.1 Å². The summed E-state index contributed by atoms with van der Waals surface area (Å²) in [5, 5.41) is 0.639. The Kier molecular flexibility index (Phi) is 6.39. The van der Waals surface area contributed by atoms with Crippen LogP contribution in [0.2, 0.25) is 0 Å². The summed E-state index contributed by atoms with van der Waals surface area (Å²) >= 11 is 0. The lowest BCUT2D eigenvalue weighted by Crippen LogP contribution is -2.52. The standard InChI is InChI=1S/C27H27N7O3/c1-17-13-30-23(20-15-29-21(16-28-20)32(2)3)24-22(17)19(14-31-24)25(35)27(37)34-11-9-33(10-12-34)26(36)18-7-5-4-6-8-18/h4-8,13-16,31H,9-12H2,1-3H3. The Morgan fingerprint density at radius 1 is 0.892 bits per heavy atom. The Balaban J connectivity index is 1.35. The van der Waals surface area contributed by atoms with E-state index in [9.17, 15) is 14.4 Å². The van der Waals surface area contributed by atoms with Crippen molar-refractivity contribution in [3.8, 4) is 11.4 Å². The number of Topliss-reactive ketones (excluding diaryl/α,β-unsaturated/α-hetero) is 1. The molecule has 4 heterocycles. The van der Waals surface area contributed by atoms with Gasteiger partial charge in [-0.05, 0) is 24.6 Å². The molecule has 0 bridgehead atoms. The van der Waals surface area contributed by atoms with Crippen molar-refractivity contribution in [3.63, 3.8) is 0 Å². The zero-order valence-corrected chi connectivity index (χ0v) is 20.9. The summed E-state index contributed by atoms with van der Waals surface area (Å²) in [4.78, 5) is 60.8. The number of nitrogens with one attached hydrogen (secondary N) is 1. The fourth-order valence-electron chi connectivity index (χ4n) is 4.49. The number of benzene rings is 1. The first-order valence-electron chi connectivity index (χ1n) is 12.0. The highest BCUT2D eigenvalue weighted by Crippen LogP contribution is 2.30. The lowest BCUT2D eigenvalue weighted by molar-refractivity contribution is -0.127. The first-order chi connectivity index (χ1) is 17.8. The Bertz CT molecular complexity index is 1470. The van der Waals surface area contributed by atoms with Crippen LogP contribution in [0, 0.1) is 6.92 Å². The van der Waals surface area contributed by atoms with Crippen molar-refractivity contribution in [2.24, 2.45) is 0 Å². The highest BCUT2D eigenvalue weighted by atomic mass is 16.2. The molecular weight excluding hydrogens is 470 g/mol. The predicted octanol–water partition coefficient (Wildman–Crippen LogP) is 2.56. The second kappa shape index (κ2) is 9.81. The molecule has 10 nitrogen and oxygen atoms in total. The van der Waals surface area contributed by atoms with Gasteiger partial charge in [-0.25, -0.2) is 9.97 Å². The third-order valence-electron chi connectivity index (χ3n) is 6.55. The van der Waals surface area contributed by atoms with E-state index in [2.05, 4.69) is 19.9 Å². The van der Waals surface area contributed by atoms with Crippen molar-refractivity contribution < 1.29 is 14.4 Å². The van der Waals surface area contributed by atoms with Crippen LogP contribution in [-0.2, 0) is 4.79 Å². The van der Waals surface area contributed by atoms with Crippen molar-refractivity contribution in [2.75, 3.05) is 45.2 Å². The first kappa shape index (κ1) is 24.1. The van der Waals surface area contributed by atoms with Gasteiger partial charge in [0, 0.05) is 63.6 Å². The maximum Gasteiger partial charge on any atom is 0.295 e. The molecule has 0 atom stereocenters. The summed E-state index contributed by atoms with van der Waals surface area (Å²) in [6.45, 7) is 3.18. The van der Waals surface area contributed by atoms with Crippen LogP contribution < -0.4 is 4.90 Å². The molecule has 0 radical (unpaired) electrons. The Hall–Kier alpha value is -4.60. The number of aromatic nitrogens is 4. The molecule has 0 aliphatic carbocycles. The number of rotatable bonds is 5. The SMILES string of the molecule is Cc1cnc(-c2cnc(N(C)C)cn2)c2[nH]cc(C(=O)C(=O)N3CCN(C(=O)c4ccccc4)CC3)c12. The number of nitrogens with zero attached hydrogens (tertiary/aromatic N) is 6. The van der Waals surface area contributed by atoms with E-state index < -0.39 is 11.7 Å². The molecule has 1 aliphatic rings. The number of hydrogen-bond acceptors (Lipinski definition) is 7. The number of pyridine rings is 1. The van der Waals surface area contributed by atoms with E-state index in [1.54, 1.807) is 41.8 Å². The average Bonchev–Trinajstić information content (AvgIpc) is 3.39. The molecule has 1 N–H and O–H groups in total. The van der Waals surface area contributed by atoms with Gasteiger partial charge in [-0.2, -0.15) is 0 Å². The number of hydrogen-bond donors (Lipinski definition) is 1. The maximum absolute atomic E-state index is 13.3. The van der Waals surface area contributed by atoms with E-state index in [0.717, 1.165) is 5.56 Å². The van der Waals surface area contributed by atoms with Crippen LogP contribution in [0.25, 0.3) is 22.3 Å². The van der Waals surface area contributed by atoms with E-state index in [-0.39, 0.29) is 5.91 Å². The molecule has 0 spiro atoms. The second-order valence-corrected chi connectivity index (χ2v) is 9.18. The van der Waals surface area contributed by atoms with Gasteiger partial charge in [0.2, 0.25) is 0 Å². The number of aromatic amines is 1. The summed E-state index contributed by atoms with van der Waals surface area (Å²) in [7, 11) is 3.76. The number of anilines is 1. The highest BCUT2D eigenvalue weighted by molar-refractivity contribution is 6.45. The van der Waals surface area contributed by atoms with E-state index >= 15 is 0 Å². The molecule has 5 rings (SSSR count). The summed E-state index contributed by atoms with van der Waals surface area (Å²) < 4.78 is 0. The molecule has 188 valence electrons. The highest BCUT2D eigenvalue weighted by Gasteiger charge is 2.31.